The van der Waals surface area contributed by atoms with Crippen LogP contribution in [0.5, 0.6) is 0 Å². The summed E-state index contributed by atoms with van der Waals surface area (Å²) in [6.07, 6.45) is 0.759. The Bertz CT molecular complexity index is 401. The van der Waals surface area contributed by atoms with Crippen molar-refractivity contribution in [2.45, 2.75) is 34.1 Å². The summed E-state index contributed by atoms with van der Waals surface area (Å²) in [7, 11) is 0. The number of carbonyl (C=O) groups is 1. The molecule has 1 rings (SSSR count). The number of hydrazine groups is 1. The second-order valence-electron chi connectivity index (χ2n) is 5.47. The van der Waals surface area contributed by atoms with Gasteiger partial charge in [0.2, 0.25) is 0 Å². The Kier molecular flexibility index (Phi) is 4.67. The van der Waals surface area contributed by atoms with Crippen LogP contribution in [-0.2, 0) is 6.42 Å². The summed E-state index contributed by atoms with van der Waals surface area (Å²) in [5.41, 5.74) is 3.96. The molecule has 5 heteroatoms. The number of aromatic nitrogens is 1. The zero-order valence-electron chi connectivity index (χ0n) is 11.5. The number of aryl methyl sites for hydroxylation is 1. The summed E-state index contributed by atoms with van der Waals surface area (Å²) in [6, 6.07) is 3.44. The van der Waals surface area contributed by atoms with E-state index in [1.807, 2.05) is 6.92 Å². The van der Waals surface area contributed by atoms with Gasteiger partial charge in [0, 0.05) is 17.8 Å². The number of hydrogen-bond acceptors (Lipinski definition) is 4. The van der Waals surface area contributed by atoms with Gasteiger partial charge in [0.25, 0.3) is 5.91 Å². The third-order valence-corrected chi connectivity index (χ3v) is 2.43. The molecule has 0 aromatic carbocycles. The molecule has 0 unspecified atom stereocenters. The highest BCUT2D eigenvalue weighted by atomic mass is 16.1. The summed E-state index contributed by atoms with van der Waals surface area (Å²) in [5.74, 6) is 5.75. The molecule has 1 aromatic rings. The van der Waals surface area contributed by atoms with Crippen LogP contribution in [0.15, 0.2) is 12.1 Å². The minimum Gasteiger partial charge on any atom is -0.352 e. The normalized spacial score (nSPS) is 11.2. The molecule has 0 aliphatic carbocycles. The molecule has 1 amide bonds. The Balaban J connectivity index is 2.84. The average molecular weight is 250 g/mol. The molecule has 0 aliphatic heterocycles. The highest BCUT2D eigenvalue weighted by Crippen LogP contribution is 2.13. The minimum atomic E-state index is -0.0986. The SMILES string of the molecule is CCc1cc(C(=O)NCC(C)(C)C)cc(NN)n1. The number of carbonyl (C=O) groups excluding carboxylic acids is 1. The van der Waals surface area contributed by atoms with Crippen molar-refractivity contribution in [3.8, 4) is 0 Å². The fourth-order valence-electron chi connectivity index (χ4n) is 1.42. The lowest BCUT2D eigenvalue weighted by Gasteiger charge is -2.19. The summed E-state index contributed by atoms with van der Waals surface area (Å²) < 4.78 is 0. The Morgan fingerprint density at radius 3 is 2.56 bits per heavy atom. The second kappa shape index (κ2) is 5.82. The maximum Gasteiger partial charge on any atom is 0.251 e. The molecule has 1 heterocycles. The zero-order chi connectivity index (χ0) is 13.8. The van der Waals surface area contributed by atoms with Crippen LogP contribution in [0.4, 0.5) is 5.82 Å². The molecule has 0 atom stereocenters. The molecule has 0 fully saturated rings. The third kappa shape index (κ3) is 4.33. The van der Waals surface area contributed by atoms with Gasteiger partial charge in [0.05, 0.1) is 0 Å². The Morgan fingerprint density at radius 1 is 1.39 bits per heavy atom. The molecule has 0 radical (unpaired) electrons. The van der Waals surface area contributed by atoms with E-state index in [1.54, 1.807) is 12.1 Å². The maximum absolute atomic E-state index is 12.0. The fraction of sp³-hybridized carbons (Fsp3) is 0.538. The molecular formula is C13H22N4O. The first kappa shape index (κ1) is 14.4. The van der Waals surface area contributed by atoms with E-state index in [0.29, 0.717) is 17.9 Å². The van der Waals surface area contributed by atoms with Crippen molar-refractivity contribution >= 4 is 11.7 Å². The largest absolute Gasteiger partial charge is 0.352 e. The number of pyridine rings is 1. The molecule has 18 heavy (non-hydrogen) atoms. The van der Waals surface area contributed by atoms with Gasteiger partial charge in [-0.25, -0.2) is 10.8 Å². The zero-order valence-corrected chi connectivity index (χ0v) is 11.5. The van der Waals surface area contributed by atoms with Crippen LogP contribution in [0.3, 0.4) is 0 Å². The maximum atomic E-state index is 12.0. The van der Waals surface area contributed by atoms with Crippen LogP contribution in [0, 0.1) is 5.41 Å². The van der Waals surface area contributed by atoms with Crippen LogP contribution in [0.2, 0.25) is 0 Å². The smallest absolute Gasteiger partial charge is 0.251 e. The lowest BCUT2D eigenvalue weighted by Crippen LogP contribution is -2.32. The average Bonchev–Trinajstić information content (AvgIpc) is 2.34. The van der Waals surface area contributed by atoms with E-state index in [9.17, 15) is 4.79 Å². The Morgan fingerprint density at radius 2 is 2.06 bits per heavy atom. The molecule has 4 N–H and O–H groups in total. The molecule has 1 aromatic heterocycles. The van der Waals surface area contributed by atoms with E-state index < -0.39 is 0 Å². The summed E-state index contributed by atoms with van der Waals surface area (Å²) in [6.45, 7) is 8.83. The van der Waals surface area contributed by atoms with Crippen molar-refractivity contribution in [3.63, 3.8) is 0 Å². The lowest BCUT2D eigenvalue weighted by atomic mass is 9.97. The first-order chi connectivity index (χ1) is 8.35. The van der Waals surface area contributed by atoms with Gasteiger partial charge < -0.3 is 10.7 Å². The quantitative estimate of drug-likeness (QED) is 0.561. The summed E-state index contributed by atoms with van der Waals surface area (Å²) in [4.78, 5) is 16.3. The number of nitrogens with one attached hydrogen (secondary N) is 2. The molecule has 100 valence electrons. The van der Waals surface area contributed by atoms with Crippen molar-refractivity contribution in [1.29, 1.82) is 0 Å². The van der Waals surface area contributed by atoms with Gasteiger partial charge in [-0.05, 0) is 24.0 Å². The minimum absolute atomic E-state index is 0.0607. The van der Waals surface area contributed by atoms with Crippen molar-refractivity contribution in [2.24, 2.45) is 11.3 Å². The number of nitrogens with zero attached hydrogens (tertiary/aromatic N) is 1. The molecule has 5 nitrogen and oxygen atoms in total. The summed E-state index contributed by atoms with van der Waals surface area (Å²) in [5, 5.41) is 2.91. The molecule has 0 spiro atoms. The van der Waals surface area contributed by atoms with Crippen molar-refractivity contribution in [3.05, 3.63) is 23.4 Å². The molecule has 0 aliphatic rings. The number of anilines is 1. The Labute approximate surface area is 108 Å². The molecule has 0 saturated heterocycles. The highest BCUT2D eigenvalue weighted by molar-refractivity contribution is 5.95. The van der Waals surface area contributed by atoms with E-state index >= 15 is 0 Å². The number of rotatable bonds is 4. The first-order valence-corrected chi connectivity index (χ1v) is 6.11. The monoisotopic (exact) mass is 250 g/mol. The number of hydrogen-bond donors (Lipinski definition) is 3. The first-order valence-electron chi connectivity index (χ1n) is 6.11. The van der Waals surface area contributed by atoms with E-state index in [-0.39, 0.29) is 11.3 Å². The number of nitrogen functional groups attached to an aromatic ring is 1. The van der Waals surface area contributed by atoms with Crippen molar-refractivity contribution < 1.29 is 4.79 Å². The second-order valence-corrected chi connectivity index (χ2v) is 5.47. The molecule has 0 saturated carbocycles. The highest BCUT2D eigenvalue weighted by Gasteiger charge is 2.14. The van der Waals surface area contributed by atoms with Gasteiger partial charge in [0.15, 0.2) is 0 Å². The van der Waals surface area contributed by atoms with Gasteiger partial charge in [-0.3, -0.25) is 4.79 Å². The van der Waals surface area contributed by atoms with Crippen LogP contribution in [0.1, 0.15) is 43.7 Å². The van der Waals surface area contributed by atoms with Crippen LogP contribution in [-0.4, -0.2) is 17.4 Å². The van der Waals surface area contributed by atoms with Crippen LogP contribution in [0.25, 0.3) is 0 Å². The van der Waals surface area contributed by atoms with Gasteiger partial charge >= 0.3 is 0 Å². The van der Waals surface area contributed by atoms with Crippen LogP contribution < -0.4 is 16.6 Å². The van der Waals surface area contributed by atoms with Gasteiger partial charge in [0.1, 0.15) is 5.82 Å². The van der Waals surface area contributed by atoms with Crippen LogP contribution >= 0.6 is 0 Å². The molecular weight excluding hydrogens is 228 g/mol. The van der Waals surface area contributed by atoms with E-state index in [0.717, 1.165) is 12.1 Å². The van der Waals surface area contributed by atoms with E-state index in [2.05, 4.69) is 36.5 Å². The van der Waals surface area contributed by atoms with Gasteiger partial charge in [-0.15, -0.1) is 0 Å². The third-order valence-electron chi connectivity index (χ3n) is 2.43. The lowest BCUT2D eigenvalue weighted by molar-refractivity contribution is 0.0939. The standard InChI is InChI=1S/C13H22N4O/c1-5-10-6-9(7-11(16-10)17-14)12(18)15-8-13(2,3)4/h6-7H,5,8,14H2,1-4H3,(H,15,18)(H,16,17). The van der Waals surface area contributed by atoms with E-state index in [1.165, 1.54) is 0 Å². The predicted octanol–water partition coefficient (Wildman–Crippen LogP) is 1.71. The Hall–Kier alpha value is -1.62. The topological polar surface area (TPSA) is 80.0 Å². The summed E-state index contributed by atoms with van der Waals surface area (Å²) >= 11 is 0. The van der Waals surface area contributed by atoms with E-state index in [4.69, 9.17) is 5.84 Å². The van der Waals surface area contributed by atoms with Gasteiger partial charge in [-0.2, -0.15) is 0 Å². The number of amides is 1. The van der Waals surface area contributed by atoms with Gasteiger partial charge in [-0.1, -0.05) is 27.7 Å². The van der Waals surface area contributed by atoms with Crippen molar-refractivity contribution in [1.82, 2.24) is 10.3 Å². The predicted molar refractivity (Wildman–Crippen MR) is 73.2 cm³/mol. The van der Waals surface area contributed by atoms with Crippen molar-refractivity contribution in [2.75, 3.05) is 12.0 Å². The molecule has 0 bridgehead atoms. The number of nitrogens with two attached hydrogens (primary N) is 1. The fourth-order valence-corrected chi connectivity index (χ4v) is 1.42.